The third-order valence-corrected chi connectivity index (χ3v) is 3.04. The summed E-state index contributed by atoms with van der Waals surface area (Å²) in [6, 6.07) is 1.86. The molecule has 1 rings (SSSR count). The van der Waals surface area contributed by atoms with Crippen molar-refractivity contribution >= 4 is 23.6 Å². The normalized spacial score (nSPS) is 12.1. The average molecular weight is 240 g/mol. The Kier molecular flexibility index (Phi) is 5.81. The molecular weight excluding hydrogens is 224 g/mol. The molecular formula is C10H16N4OS. The van der Waals surface area contributed by atoms with Crippen molar-refractivity contribution in [3.05, 3.63) is 18.5 Å². The van der Waals surface area contributed by atoms with E-state index in [1.807, 2.05) is 6.92 Å². The summed E-state index contributed by atoms with van der Waals surface area (Å²) in [4.78, 5) is 19.2. The van der Waals surface area contributed by atoms with Gasteiger partial charge in [-0.3, -0.25) is 10.1 Å². The Labute approximate surface area is 99.2 Å². The molecule has 1 atom stereocenters. The summed E-state index contributed by atoms with van der Waals surface area (Å²) in [7, 11) is 0. The van der Waals surface area contributed by atoms with Crippen LogP contribution in [0.5, 0.6) is 0 Å². The van der Waals surface area contributed by atoms with Crippen molar-refractivity contribution < 1.29 is 4.79 Å². The van der Waals surface area contributed by atoms with E-state index in [9.17, 15) is 4.79 Å². The van der Waals surface area contributed by atoms with Gasteiger partial charge in [0.1, 0.15) is 0 Å². The standard InChI is InChI=1S/C10H16N4OS/c1-2-8(11)6-16-7-9(15)14-10-12-4-3-5-13-10/h3-5,8H,2,6-7,11H2,1H3,(H,12,13,14,15). The van der Waals surface area contributed by atoms with Crippen LogP contribution in [-0.4, -0.2) is 33.4 Å². The summed E-state index contributed by atoms with van der Waals surface area (Å²) in [5.74, 6) is 1.42. The number of thioether (sulfide) groups is 1. The van der Waals surface area contributed by atoms with E-state index in [0.717, 1.165) is 12.2 Å². The highest BCUT2D eigenvalue weighted by Crippen LogP contribution is 2.04. The third-order valence-electron chi connectivity index (χ3n) is 1.91. The fraction of sp³-hybridized carbons (Fsp3) is 0.500. The zero-order chi connectivity index (χ0) is 11.8. The van der Waals surface area contributed by atoms with Gasteiger partial charge in [-0.25, -0.2) is 9.97 Å². The second kappa shape index (κ2) is 7.19. The number of amides is 1. The van der Waals surface area contributed by atoms with E-state index in [1.165, 1.54) is 11.8 Å². The van der Waals surface area contributed by atoms with Crippen LogP contribution in [0, 0.1) is 0 Å². The maximum absolute atomic E-state index is 11.4. The molecule has 1 heterocycles. The van der Waals surface area contributed by atoms with Crippen LogP contribution in [0.25, 0.3) is 0 Å². The minimum absolute atomic E-state index is 0.0977. The molecule has 0 aliphatic heterocycles. The summed E-state index contributed by atoms with van der Waals surface area (Å²) < 4.78 is 0. The molecule has 6 heteroatoms. The highest BCUT2D eigenvalue weighted by atomic mass is 32.2. The van der Waals surface area contributed by atoms with Crippen LogP contribution in [-0.2, 0) is 4.79 Å². The van der Waals surface area contributed by atoms with E-state index < -0.39 is 0 Å². The number of anilines is 1. The fourth-order valence-electron chi connectivity index (χ4n) is 0.945. The minimum atomic E-state index is -0.0977. The van der Waals surface area contributed by atoms with Crippen molar-refractivity contribution in [2.75, 3.05) is 16.8 Å². The Morgan fingerprint density at radius 1 is 1.56 bits per heavy atom. The molecule has 0 aliphatic rings. The first-order valence-corrected chi connectivity index (χ1v) is 6.28. The topological polar surface area (TPSA) is 80.9 Å². The van der Waals surface area contributed by atoms with Crippen LogP contribution < -0.4 is 11.1 Å². The van der Waals surface area contributed by atoms with E-state index >= 15 is 0 Å². The fourth-order valence-corrected chi connectivity index (χ4v) is 1.86. The second-order valence-corrected chi connectivity index (χ2v) is 4.33. The number of hydrogen-bond donors (Lipinski definition) is 2. The van der Waals surface area contributed by atoms with Crippen LogP contribution in [0.2, 0.25) is 0 Å². The number of nitrogens with one attached hydrogen (secondary N) is 1. The molecule has 0 saturated carbocycles. The lowest BCUT2D eigenvalue weighted by Gasteiger charge is -2.07. The van der Waals surface area contributed by atoms with Crippen LogP contribution in [0.15, 0.2) is 18.5 Å². The SMILES string of the molecule is CCC(N)CSCC(=O)Nc1ncccn1. The highest BCUT2D eigenvalue weighted by molar-refractivity contribution is 8.00. The Balaban J connectivity index is 2.21. The average Bonchev–Trinajstić information content (AvgIpc) is 2.30. The van der Waals surface area contributed by atoms with Crippen molar-refractivity contribution in [2.45, 2.75) is 19.4 Å². The van der Waals surface area contributed by atoms with E-state index in [4.69, 9.17) is 5.73 Å². The molecule has 1 amide bonds. The maximum atomic E-state index is 11.4. The Morgan fingerprint density at radius 2 is 2.25 bits per heavy atom. The summed E-state index contributed by atoms with van der Waals surface area (Å²) in [6.07, 6.45) is 4.10. The Hall–Kier alpha value is -1.14. The van der Waals surface area contributed by atoms with Crippen LogP contribution in [0.3, 0.4) is 0 Å². The Bertz CT molecular complexity index is 320. The smallest absolute Gasteiger partial charge is 0.236 e. The van der Waals surface area contributed by atoms with Crippen LogP contribution in [0.4, 0.5) is 5.95 Å². The van der Waals surface area contributed by atoms with Gasteiger partial charge in [0.2, 0.25) is 11.9 Å². The molecule has 88 valence electrons. The largest absolute Gasteiger partial charge is 0.327 e. The van der Waals surface area contributed by atoms with Crippen molar-refractivity contribution in [1.82, 2.24) is 9.97 Å². The van der Waals surface area contributed by atoms with Gasteiger partial charge in [0, 0.05) is 24.2 Å². The monoisotopic (exact) mass is 240 g/mol. The molecule has 1 unspecified atom stereocenters. The second-order valence-electron chi connectivity index (χ2n) is 3.30. The lowest BCUT2D eigenvalue weighted by molar-refractivity contribution is -0.113. The predicted octanol–water partition coefficient (Wildman–Crippen LogP) is 0.886. The molecule has 0 fully saturated rings. The van der Waals surface area contributed by atoms with E-state index in [1.54, 1.807) is 18.5 Å². The van der Waals surface area contributed by atoms with E-state index in [-0.39, 0.29) is 11.9 Å². The summed E-state index contributed by atoms with van der Waals surface area (Å²) in [5.41, 5.74) is 5.73. The molecule has 0 radical (unpaired) electrons. The van der Waals surface area contributed by atoms with Crippen molar-refractivity contribution in [2.24, 2.45) is 5.73 Å². The van der Waals surface area contributed by atoms with Crippen LogP contribution >= 0.6 is 11.8 Å². The zero-order valence-electron chi connectivity index (χ0n) is 9.22. The number of carbonyl (C=O) groups excluding carboxylic acids is 1. The van der Waals surface area contributed by atoms with Gasteiger partial charge in [-0.1, -0.05) is 6.92 Å². The molecule has 0 bridgehead atoms. The van der Waals surface area contributed by atoms with Gasteiger partial charge in [0.15, 0.2) is 0 Å². The number of aromatic nitrogens is 2. The molecule has 0 spiro atoms. The van der Waals surface area contributed by atoms with Gasteiger partial charge in [-0.05, 0) is 12.5 Å². The summed E-state index contributed by atoms with van der Waals surface area (Å²) in [5, 5.41) is 2.61. The third kappa shape index (κ3) is 5.09. The number of nitrogens with two attached hydrogens (primary N) is 1. The summed E-state index contributed by atoms with van der Waals surface area (Å²) >= 11 is 1.52. The van der Waals surface area contributed by atoms with Gasteiger partial charge in [-0.2, -0.15) is 11.8 Å². The van der Waals surface area contributed by atoms with Crippen LogP contribution in [0.1, 0.15) is 13.3 Å². The van der Waals surface area contributed by atoms with Gasteiger partial charge in [-0.15, -0.1) is 0 Å². The number of rotatable bonds is 6. The first-order valence-electron chi connectivity index (χ1n) is 5.12. The van der Waals surface area contributed by atoms with E-state index in [2.05, 4.69) is 15.3 Å². The summed E-state index contributed by atoms with van der Waals surface area (Å²) in [6.45, 7) is 2.03. The lowest BCUT2D eigenvalue weighted by atomic mass is 10.3. The molecule has 3 N–H and O–H groups in total. The minimum Gasteiger partial charge on any atom is -0.327 e. The highest BCUT2D eigenvalue weighted by Gasteiger charge is 2.05. The van der Waals surface area contributed by atoms with E-state index in [0.29, 0.717) is 11.7 Å². The van der Waals surface area contributed by atoms with Crippen molar-refractivity contribution in [3.63, 3.8) is 0 Å². The maximum Gasteiger partial charge on any atom is 0.236 e. The van der Waals surface area contributed by atoms with Gasteiger partial charge < -0.3 is 5.73 Å². The molecule has 16 heavy (non-hydrogen) atoms. The molecule has 0 saturated heterocycles. The molecule has 0 aromatic carbocycles. The van der Waals surface area contributed by atoms with Gasteiger partial charge >= 0.3 is 0 Å². The lowest BCUT2D eigenvalue weighted by Crippen LogP contribution is -2.23. The number of hydrogen-bond acceptors (Lipinski definition) is 5. The first-order chi connectivity index (χ1) is 7.72. The predicted molar refractivity (Wildman–Crippen MR) is 66.3 cm³/mol. The molecule has 5 nitrogen and oxygen atoms in total. The number of nitrogens with zero attached hydrogens (tertiary/aromatic N) is 2. The first kappa shape index (κ1) is 12.9. The van der Waals surface area contributed by atoms with Gasteiger partial charge in [0.05, 0.1) is 5.75 Å². The zero-order valence-corrected chi connectivity index (χ0v) is 10.0. The van der Waals surface area contributed by atoms with Crippen molar-refractivity contribution in [1.29, 1.82) is 0 Å². The Morgan fingerprint density at radius 3 is 2.88 bits per heavy atom. The molecule has 1 aromatic heterocycles. The number of carbonyl (C=O) groups is 1. The quantitative estimate of drug-likeness (QED) is 0.771. The van der Waals surface area contributed by atoms with Crippen molar-refractivity contribution in [3.8, 4) is 0 Å². The molecule has 0 aliphatic carbocycles. The van der Waals surface area contributed by atoms with Gasteiger partial charge in [0.25, 0.3) is 0 Å². The molecule has 1 aromatic rings.